The van der Waals surface area contributed by atoms with Gasteiger partial charge >= 0.3 is 0 Å². The summed E-state index contributed by atoms with van der Waals surface area (Å²) in [6, 6.07) is 12.6. The van der Waals surface area contributed by atoms with Gasteiger partial charge in [0.2, 0.25) is 15.9 Å². The number of rotatable bonds is 8. The van der Waals surface area contributed by atoms with Crippen LogP contribution in [0.5, 0.6) is 0 Å². The Balaban J connectivity index is 1.87. The monoisotopic (exact) mass is 398 g/mol. The number of nitrogens with one attached hydrogen (secondary N) is 1. The van der Waals surface area contributed by atoms with Crippen molar-refractivity contribution in [3.8, 4) is 0 Å². The maximum Gasteiger partial charge on any atom is 0.224 e. The van der Waals surface area contributed by atoms with Crippen LogP contribution in [0.4, 0.5) is 4.39 Å². The van der Waals surface area contributed by atoms with Gasteiger partial charge in [0.1, 0.15) is 5.82 Å². The van der Waals surface area contributed by atoms with Gasteiger partial charge in [-0.05, 0) is 35.4 Å². The van der Waals surface area contributed by atoms with Gasteiger partial charge in [0, 0.05) is 24.7 Å². The average Bonchev–Trinajstić information content (AvgIpc) is 2.57. The van der Waals surface area contributed by atoms with Crippen molar-refractivity contribution in [2.24, 2.45) is 0 Å². The zero-order chi connectivity index (χ0) is 19.2. The van der Waals surface area contributed by atoms with E-state index >= 15 is 0 Å². The molecule has 2 rings (SSSR count). The number of carbonyl (C=O) groups excluding carboxylic acids is 1. The summed E-state index contributed by atoms with van der Waals surface area (Å²) in [4.78, 5) is 12.0. The number of halogens is 2. The van der Waals surface area contributed by atoms with Crippen molar-refractivity contribution in [1.82, 2.24) is 9.62 Å². The lowest BCUT2D eigenvalue weighted by atomic mass is 10.1. The van der Waals surface area contributed by atoms with Crippen molar-refractivity contribution in [1.29, 1.82) is 0 Å². The molecule has 1 amide bonds. The standard InChI is InChI=1S/C18H20ClFN2O3S/c1-26(24,25)22(13-15-4-8-17(20)9-5-15)11-10-21-18(23)12-14-2-6-16(19)7-3-14/h2-9H,10-13H2,1H3,(H,21,23). The van der Waals surface area contributed by atoms with E-state index in [1.165, 1.54) is 28.6 Å². The number of hydrogen-bond donors (Lipinski definition) is 1. The summed E-state index contributed by atoms with van der Waals surface area (Å²) in [5, 5.41) is 3.30. The van der Waals surface area contributed by atoms with Gasteiger partial charge in [-0.25, -0.2) is 12.8 Å². The van der Waals surface area contributed by atoms with E-state index in [0.717, 1.165) is 11.8 Å². The van der Waals surface area contributed by atoms with Crippen LogP contribution in [0, 0.1) is 5.82 Å². The van der Waals surface area contributed by atoms with Gasteiger partial charge in [-0.3, -0.25) is 4.79 Å². The smallest absolute Gasteiger partial charge is 0.224 e. The lowest BCUT2D eigenvalue weighted by molar-refractivity contribution is -0.120. The first-order valence-corrected chi connectivity index (χ1v) is 10.2. The summed E-state index contributed by atoms with van der Waals surface area (Å²) in [7, 11) is -3.46. The molecule has 0 aliphatic heterocycles. The lowest BCUT2D eigenvalue weighted by Gasteiger charge is -2.20. The molecular formula is C18H20ClFN2O3S. The van der Waals surface area contributed by atoms with E-state index in [1.807, 2.05) is 0 Å². The minimum absolute atomic E-state index is 0.117. The lowest BCUT2D eigenvalue weighted by Crippen LogP contribution is -2.38. The zero-order valence-electron chi connectivity index (χ0n) is 14.3. The second kappa shape index (κ2) is 9.12. The fourth-order valence-corrected chi connectivity index (χ4v) is 3.26. The summed E-state index contributed by atoms with van der Waals surface area (Å²) < 4.78 is 38.1. The Kier molecular flexibility index (Phi) is 7.14. The van der Waals surface area contributed by atoms with Crippen molar-refractivity contribution in [3.63, 3.8) is 0 Å². The Labute approximate surface area is 157 Å². The highest BCUT2D eigenvalue weighted by molar-refractivity contribution is 7.88. The summed E-state index contributed by atoms with van der Waals surface area (Å²) in [5.74, 6) is -0.586. The SMILES string of the molecule is CS(=O)(=O)N(CCNC(=O)Cc1ccc(Cl)cc1)Cc1ccc(F)cc1. The topological polar surface area (TPSA) is 66.5 Å². The number of carbonyl (C=O) groups is 1. The van der Waals surface area contributed by atoms with E-state index < -0.39 is 10.0 Å². The van der Waals surface area contributed by atoms with Crippen molar-refractivity contribution in [2.45, 2.75) is 13.0 Å². The van der Waals surface area contributed by atoms with Crippen LogP contribution in [0.2, 0.25) is 5.02 Å². The first kappa shape index (κ1) is 20.4. The molecule has 8 heteroatoms. The number of hydrogen-bond acceptors (Lipinski definition) is 3. The van der Waals surface area contributed by atoms with Crippen molar-refractivity contribution in [2.75, 3.05) is 19.3 Å². The largest absolute Gasteiger partial charge is 0.354 e. The molecule has 0 aromatic heterocycles. The van der Waals surface area contributed by atoms with E-state index in [4.69, 9.17) is 11.6 Å². The third-order valence-electron chi connectivity index (χ3n) is 3.70. The number of amides is 1. The van der Waals surface area contributed by atoms with Crippen LogP contribution in [-0.4, -0.2) is 38.0 Å². The molecule has 0 radical (unpaired) electrons. The second-order valence-corrected chi connectivity index (χ2v) is 8.30. The van der Waals surface area contributed by atoms with Gasteiger partial charge in [0.25, 0.3) is 0 Å². The quantitative estimate of drug-likeness (QED) is 0.743. The molecule has 2 aromatic carbocycles. The molecule has 0 heterocycles. The molecule has 5 nitrogen and oxygen atoms in total. The molecule has 0 spiro atoms. The number of nitrogens with zero attached hydrogens (tertiary/aromatic N) is 1. The molecule has 0 fully saturated rings. The van der Waals surface area contributed by atoms with Crippen molar-refractivity contribution >= 4 is 27.5 Å². The van der Waals surface area contributed by atoms with Crippen molar-refractivity contribution in [3.05, 3.63) is 70.5 Å². The summed E-state index contributed by atoms with van der Waals surface area (Å²) in [5.41, 5.74) is 1.49. The van der Waals surface area contributed by atoms with Crippen LogP contribution < -0.4 is 5.32 Å². The summed E-state index contributed by atoms with van der Waals surface area (Å²) in [6.45, 7) is 0.426. The Bertz CT molecular complexity index is 840. The second-order valence-electron chi connectivity index (χ2n) is 5.88. The third-order valence-corrected chi connectivity index (χ3v) is 5.20. The fourth-order valence-electron chi connectivity index (χ4n) is 2.33. The van der Waals surface area contributed by atoms with Gasteiger partial charge in [-0.2, -0.15) is 4.31 Å². The van der Waals surface area contributed by atoms with Crippen LogP contribution in [-0.2, 0) is 27.8 Å². The van der Waals surface area contributed by atoms with E-state index in [0.29, 0.717) is 10.6 Å². The molecular weight excluding hydrogens is 379 g/mol. The molecule has 2 aromatic rings. The fraction of sp³-hybridized carbons (Fsp3) is 0.278. The van der Waals surface area contributed by atoms with Crippen LogP contribution >= 0.6 is 11.6 Å². The van der Waals surface area contributed by atoms with Gasteiger partial charge in [-0.15, -0.1) is 0 Å². The first-order valence-electron chi connectivity index (χ1n) is 7.95. The molecule has 140 valence electrons. The predicted octanol–water partition coefficient (Wildman–Crippen LogP) is 2.60. The molecule has 0 aliphatic carbocycles. The van der Waals surface area contributed by atoms with Crippen LogP contribution in [0.15, 0.2) is 48.5 Å². The van der Waals surface area contributed by atoms with E-state index in [1.54, 1.807) is 24.3 Å². The summed E-state index contributed by atoms with van der Waals surface area (Å²) in [6.07, 6.45) is 1.29. The minimum Gasteiger partial charge on any atom is -0.354 e. The molecule has 26 heavy (non-hydrogen) atoms. The molecule has 1 N–H and O–H groups in total. The van der Waals surface area contributed by atoms with Gasteiger partial charge in [0.05, 0.1) is 12.7 Å². The maximum absolute atomic E-state index is 13.0. The molecule has 0 saturated heterocycles. The molecule has 0 saturated carbocycles. The molecule has 0 unspecified atom stereocenters. The number of sulfonamides is 1. The maximum atomic E-state index is 13.0. The highest BCUT2D eigenvalue weighted by Gasteiger charge is 2.17. The molecule has 0 bridgehead atoms. The number of benzene rings is 2. The minimum atomic E-state index is -3.46. The highest BCUT2D eigenvalue weighted by Crippen LogP contribution is 2.11. The third kappa shape index (κ3) is 6.74. The van der Waals surface area contributed by atoms with Gasteiger partial charge in [0.15, 0.2) is 0 Å². The Hall–Kier alpha value is -1.96. The van der Waals surface area contributed by atoms with Crippen LogP contribution in [0.25, 0.3) is 0 Å². The Morgan fingerprint density at radius 2 is 1.65 bits per heavy atom. The molecule has 0 aliphatic rings. The summed E-state index contributed by atoms with van der Waals surface area (Å²) >= 11 is 5.80. The average molecular weight is 399 g/mol. The van der Waals surface area contributed by atoms with Crippen LogP contribution in [0.1, 0.15) is 11.1 Å². The van der Waals surface area contributed by atoms with Crippen LogP contribution in [0.3, 0.4) is 0 Å². The van der Waals surface area contributed by atoms with Gasteiger partial charge < -0.3 is 5.32 Å². The van der Waals surface area contributed by atoms with E-state index in [9.17, 15) is 17.6 Å². The predicted molar refractivity (Wildman–Crippen MR) is 99.8 cm³/mol. The normalized spacial score (nSPS) is 11.5. The van der Waals surface area contributed by atoms with E-state index in [-0.39, 0.29) is 37.8 Å². The first-order chi connectivity index (χ1) is 12.2. The zero-order valence-corrected chi connectivity index (χ0v) is 15.9. The van der Waals surface area contributed by atoms with Gasteiger partial charge in [-0.1, -0.05) is 35.9 Å². The Morgan fingerprint density at radius 3 is 2.23 bits per heavy atom. The highest BCUT2D eigenvalue weighted by atomic mass is 35.5. The Morgan fingerprint density at radius 1 is 1.08 bits per heavy atom. The molecule has 0 atom stereocenters. The van der Waals surface area contributed by atoms with Crippen molar-refractivity contribution < 1.29 is 17.6 Å². The van der Waals surface area contributed by atoms with E-state index in [2.05, 4.69) is 5.32 Å².